The molecule has 4 aromatic rings. The molecule has 0 unspecified atom stereocenters. The van der Waals surface area contributed by atoms with E-state index >= 15 is 0 Å². The number of methoxy groups -OCH3 is 1. The zero-order valence-corrected chi connectivity index (χ0v) is 28.4. The van der Waals surface area contributed by atoms with Crippen molar-refractivity contribution in [1.82, 2.24) is 9.88 Å². The molecule has 3 heterocycles. The standard InChI is InChI=1S/C35H36F3N3O5S2/c1-34(2,33(42)43)48-30-11-9-26(19-29(30)44-3)46-21-31-27(39-32(47-31)22-4-6-24(7-5-22)35(36,37)38)20-40-13-15-41(16-14-40)25-8-10-28-23(18-25)12-17-45-28/h4-11,18-19H,12-17,20-21H2,1-3H3,(H,42,43). The van der Waals surface area contributed by atoms with Crippen LogP contribution < -0.4 is 19.1 Å². The van der Waals surface area contributed by atoms with E-state index in [1.54, 1.807) is 32.0 Å². The van der Waals surface area contributed by atoms with E-state index in [2.05, 4.69) is 21.9 Å². The summed E-state index contributed by atoms with van der Waals surface area (Å²) in [6, 6.07) is 16.7. The van der Waals surface area contributed by atoms with Crippen LogP contribution in [0.2, 0.25) is 0 Å². The van der Waals surface area contributed by atoms with Crippen LogP contribution in [0, 0.1) is 0 Å². The molecule has 0 amide bonds. The molecular formula is C35H36F3N3O5S2. The molecule has 0 saturated carbocycles. The first-order valence-electron chi connectivity index (χ1n) is 15.5. The van der Waals surface area contributed by atoms with Crippen molar-refractivity contribution in [2.45, 2.75) is 49.2 Å². The molecular weight excluding hydrogens is 664 g/mol. The Kier molecular flexibility index (Phi) is 9.82. The summed E-state index contributed by atoms with van der Waals surface area (Å²) in [5.41, 5.74) is 3.16. The fraction of sp³-hybridized carbons (Fsp3) is 0.371. The van der Waals surface area contributed by atoms with Crippen molar-refractivity contribution < 1.29 is 37.3 Å². The van der Waals surface area contributed by atoms with Crippen LogP contribution in [-0.4, -0.2) is 65.6 Å². The number of nitrogens with zero attached hydrogens (tertiary/aromatic N) is 3. The van der Waals surface area contributed by atoms with E-state index in [9.17, 15) is 23.1 Å². The summed E-state index contributed by atoms with van der Waals surface area (Å²) in [6.45, 7) is 8.11. The average Bonchev–Trinajstić information content (AvgIpc) is 3.70. The number of benzene rings is 3. The highest BCUT2D eigenvalue weighted by Crippen LogP contribution is 2.41. The Labute approximate surface area is 285 Å². The fourth-order valence-corrected chi connectivity index (χ4v) is 7.59. The highest BCUT2D eigenvalue weighted by molar-refractivity contribution is 8.01. The van der Waals surface area contributed by atoms with Crippen LogP contribution in [0.15, 0.2) is 65.6 Å². The van der Waals surface area contributed by atoms with Crippen LogP contribution in [-0.2, 0) is 30.5 Å². The lowest BCUT2D eigenvalue weighted by atomic mass is 10.1. The molecule has 0 aliphatic carbocycles. The molecule has 254 valence electrons. The quantitative estimate of drug-likeness (QED) is 0.159. The van der Waals surface area contributed by atoms with E-state index in [-0.39, 0.29) is 6.61 Å². The molecule has 2 aliphatic rings. The summed E-state index contributed by atoms with van der Waals surface area (Å²) in [4.78, 5) is 22.8. The highest BCUT2D eigenvalue weighted by Gasteiger charge is 2.31. The van der Waals surface area contributed by atoms with Crippen molar-refractivity contribution in [2.24, 2.45) is 0 Å². The molecule has 1 fully saturated rings. The second-order valence-corrected chi connectivity index (χ2v) is 14.9. The van der Waals surface area contributed by atoms with Crippen molar-refractivity contribution in [1.29, 1.82) is 0 Å². The number of aromatic nitrogens is 1. The normalized spacial score (nSPS) is 15.2. The number of hydrogen-bond acceptors (Lipinski definition) is 9. The number of aliphatic carboxylic acids is 1. The van der Waals surface area contributed by atoms with Crippen LogP contribution in [0.4, 0.5) is 18.9 Å². The average molecular weight is 700 g/mol. The zero-order chi connectivity index (χ0) is 34.1. The SMILES string of the molecule is COc1cc(OCc2sc(-c3ccc(C(F)(F)F)cc3)nc2CN2CCN(c3ccc4c(c3)CCO4)CC2)ccc1SC(C)(C)C(=O)O. The van der Waals surface area contributed by atoms with Gasteiger partial charge in [0.25, 0.3) is 0 Å². The first-order chi connectivity index (χ1) is 22.9. The Morgan fingerprint density at radius 1 is 1.04 bits per heavy atom. The predicted molar refractivity (Wildman–Crippen MR) is 181 cm³/mol. The lowest BCUT2D eigenvalue weighted by molar-refractivity contribution is -0.139. The molecule has 0 radical (unpaired) electrons. The van der Waals surface area contributed by atoms with Crippen LogP contribution in [0.5, 0.6) is 17.2 Å². The second kappa shape index (κ2) is 13.9. The van der Waals surface area contributed by atoms with Gasteiger partial charge < -0.3 is 24.2 Å². The minimum Gasteiger partial charge on any atom is -0.495 e. The van der Waals surface area contributed by atoms with Crippen molar-refractivity contribution in [3.05, 3.63) is 82.4 Å². The maximum atomic E-state index is 13.2. The van der Waals surface area contributed by atoms with Crippen LogP contribution in [0.3, 0.4) is 0 Å². The van der Waals surface area contributed by atoms with Crippen molar-refractivity contribution in [2.75, 3.05) is 44.8 Å². The molecule has 0 spiro atoms. The van der Waals surface area contributed by atoms with Gasteiger partial charge in [0.15, 0.2) is 0 Å². The van der Waals surface area contributed by atoms with Crippen LogP contribution in [0.25, 0.3) is 10.6 Å². The fourth-order valence-electron chi connectivity index (χ4n) is 5.58. The van der Waals surface area contributed by atoms with Crippen molar-refractivity contribution in [3.63, 3.8) is 0 Å². The Balaban J connectivity index is 1.18. The number of piperazine rings is 1. The summed E-state index contributed by atoms with van der Waals surface area (Å²) in [5, 5.41) is 10.2. The van der Waals surface area contributed by atoms with E-state index < -0.39 is 22.5 Å². The van der Waals surface area contributed by atoms with E-state index in [1.165, 1.54) is 53.6 Å². The first-order valence-corrected chi connectivity index (χ1v) is 17.2. The number of carboxylic acid groups (broad SMARTS) is 1. The third-order valence-corrected chi connectivity index (χ3v) is 10.8. The summed E-state index contributed by atoms with van der Waals surface area (Å²) in [7, 11) is 1.52. The summed E-state index contributed by atoms with van der Waals surface area (Å²) in [5.74, 6) is 1.06. The number of rotatable bonds is 11. The van der Waals surface area contributed by atoms with Gasteiger partial charge in [0.1, 0.15) is 33.6 Å². The molecule has 3 aromatic carbocycles. The van der Waals surface area contributed by atoms with Gasteiger partial charge in [0, 0.05) is 56.5 Å². The third kappa shape index (κ3) is 7.68. The molecule has 2 aliphatic heterocycles. The number of alkyl halides is 3. The smallest absolute Gasteiger partial charge is 0.416 e. The predicted octanol–water partition coefficient (Wildman–Crippen LogP) is 7.63. The number of carbonyl (C=O) groups is 1. The zero-order valence-electron chi connectivity index (χ0n) is 26.8. The Morgan fingerprint density at radius 3 is 2.48 bits per heavy atom. The number of ether oxygens (including phenoxy) is 3. The van der Waals surface area contributed by atoms with Gasteiger partial charge in [-0.15, -0.1) is 23.1 Å². The molecule has 1 aromatic heterocycles. The molecule has 48 heavy (non-hydrogen) atoms. The number of thiazole rings is 1. The number of thioether (sulfide) groups is 1. The largest absolute Gasteiger partial charge is 0.495 e. The second-order valence-electron chi connectivity index (χ2n) is 12.1. The van der Waals surface area contributed by atoms with Gasteiger partial charge in [-0.05, 0) is 61.9 Å². The highest BCUT2D eigenvalue weighted by atomic mass is 32.2. The van der Waals surface area contributed by atoms with Gasteiger partial charge in [-0.1, -0.05) is 12.1 Å². The van der Waals surface area contributed by atoms with Gasteiger partial charge in [-0.3, -0.25) is 9.69 Å². The number of carboxylic acids is 1. The van der Waals surface area contributed by atoms with Gasteiger partial charge in [0.2, 0.25) is 0 Å². The molecule has 0 bridgehead atoms. The number of fused-ring (bicyclic) bond motifs is 1. The molecule has 13 heteroatoms. The summed E-state index contributed by atoms with van der Waals surface area (Å²) >= 11 is 2.58. The van der Waals surface area contributed by atoms with Crippen molar-refractivity contribution >= 4 is 34.8 Å². The summed E-state index contributed by atoms with van der Waals surface area (Å²) in [6.07, 6.45) is -3.49. The maximum Gasteiger partial charge on any atom is 0.416 e. The van der Waals surface area contributed by atoms with E-state index in [4.69, 9.17) is 19.2 Å². The van der Waals surface area contributed by atoms with Crippen LogP contribution in [0.1, 0.15) is 35.5 Å². The lowest BCUT2D eigenvalue weighted by Gasteiger charge is -2.36. The molecule has 0 atom stereocenters. The molecule has 8 nitrogen and oxygen atoms in total. The lowest BCUT2D eigenvalue weighted by Crippen LogP contribution is -2.46. The third-order valence-electron chi connectivity index (χ3n) is 8.41. The molecule has 1 saturated heterocycles. The van der Waals surface area contributed by atoms with Crippen molar-refractivity contribution in [3.8, 4) is 27.8 Å². The van der Waals surface area contributed by atoms with Crippen LogP contribution >= 0.6 is 23.1 Å². The number of halogens is 3. The van der Waals surface area contributed by atoms with E-state index in [0.29, 0.717) is 33.5 Å². The Hall–Kier alpha value is -3.94. The van der Waals surface area contributed by atoms with E-state index in [0.717, 1.165) is 67.7 Å². The Morgan fingerprint density at radius 2 is 1.79 bits per heavy atom. The van der Waals surface area contributed by atoms with Gasteiger partial charge >= 0.3 is 12.1 Å². The number of hydrogen-bond donors (Lipinski definition) is 1. The Bertz CT molecular complexity index is 1770. The summed E-state index contributed by atoms with van der Waals surface area (Å²) < 4.78 is 56.0. The minimum atomic E-state index is -4.42. The first kappa shape index (κ1) is 33.9. The topological polar surface area (TPSA) is 84.4 Å². The molecule has 1 N–H and O–H groups in total. The van der Waals surface area contributed by atoms with Gasteiger partial charge in [-0.25, -0.2) is 4.98 Å². The number of anilines is 1. The van der Waals surface area contributed by atoms with Gasteiger partial charge in [-0.2, -0.15) is 13.2 Å². The molecule has 6 rings (SSSR count). The maximum absolute atomic E-state index is 13.2. The van der Waals surface area contributed by atoms with Gasteiger partial charge in [0.05, 0.1) is 34.7 Å². The monoisotopic (exact) mass is 699 g/mol. The van der Waals surface area contributed by atoms with E-state index in [1.807, 2.05) is 6.07 Å². The minimum absolute atomic E-state index is 0.195.